The van der Waals surface area contributed by atoms with E-state index in [-0.39, 0.29) is 12.5 Å². The molecular weight excluding hydrogens is 441 g/mol. The Morgan fingerprint density at radius 2 is 1.58 bits per heavy atom. The monoisotopic (exact) mass is 462 g/mol. The Bertz CT molecular complexity index is 1040. The van der Waals surface area contributed by atoms with E-state index >= 15 is 0 Å². The maximum atomic E-state index is 13.6. The number of fused-ring (bicyclic) bond motifs is 3. The largest absolute Gasteiger partial charge is 0.480 e. The number of amides is 2. The fraction of sp³-hybridized carbons (Fsp3) is 0.348. The van der Waals surface area contributed by atoms with Crippen LogP contribution in [0.25, 0.3) is 11.1 Å². The number of hydrogen-bond acceptors (Lipinski definition) is 4. The molecule has 0 aliphatic heterocycles. The molecule has 0 heterocycles. The number of aliphatic carboxylic acids is 1. The van der Waals surface area contributed by atoms with E-state index in [1.54, 1.807) is 5.32 Å². The van der Waals surface area contributed by atoms with Gasteiger partial charge in [0.15, 0.2) is 0 Å². The number of carbonyl (C=O) groups excluding carboxylic acids is 2. The third kappa shape index (κ3) is 4.79. The number of nitrogens with zero attached hydrogens (tertiary/aromatic N) is 1. The molecule has 1 atom stereocenters. The Morgan fingerprint density at radius 3 is 2.06 bits per heavy atom. The molecule has 4 rings (SSSR count). The number of hydrogen-bond donors (Lipinski definition) is 2. The molecule has 10 heteroatoms. The fourth-order valence-corrected chi connectivity index (χ4v) is 4.13. The summed E-state index contributed by atoms with van der Waals surface area (Å²) in [6, 6.07) is 11.5. The van der Waals surface area contributed by atoms with Gasteiger partial charge in [0.2, 0.25) is 6.04 Å². The van der Waals surface area contributed by atoms with E-state index in [0.717, 1.165) is 22.3 Å². The van der Waals surface area contributed by atoms with Crippen LogP contribution in [0.5, 0.6) is 0 Å². The van der Waals surface area contributed by atoms with Crippen molar-refractivity contribution in [2.45, 2.75) is 37.0 Å². The van der Waals surface area contributed by atoms with Crippen molar-refractivity contribution in [2.24, 2.45) is 0 Å². The van der Waals surface area contributed by atoms with Gasteiger partial charge in [0.1, 0.15) is 13.2 Å². The highest BCUT2D eigenvalue weighted by atomic mass is 19.4. The predicted molar refractivity (Wildman–Crippen MR) is 110 cm³/mol. The average Bonchev–Trinajstić information content (AvgIpc) is 3.56. The molecule has 0 radical (unpaired) electrons. The van der Waals surface area contributed by atoms with Crippen LogP contribution in [0.15, 0.2) is 48.5 Å². The summed E-state index contributed by atoms with van der Waals surface area (Å²) >= 11 is 0. The quantitative estimate of drug-likeness (QED) is 0.657. The number of alkyl halides is 3. The van der Waals surface area contributed by atoms with Crippen LogP contribution in [0.3, 0.4) is 0 Å². The molecule has 2 N–H and O–H groups in total. The van der Waals surface area contributed by atoms with Gasteiger partial charge in [-0.2, -0.15) is 13.2 Å². The minimum absolute atomic E-state index is 0.222. The molecule has 0 spiro atoms. The van der Waals surface area contributed by atoms with Crippen LogP contribution < -0.4 is 5.32 Å². The Morgan fingerprint density at radius 1 is 1.03 bits per heavy atom. The predicted octanol–water partition coefficient (Wildman–Crippen LogP) is 3.53. The van der Waals surface area contributed by atoms with Crippen LogP contribution in [0, 0.1) is 0 Å². The maximum absolute atomic E-state index is 13.6. The van der Waals surface area contributed by atoms with Gasteiger partial charge in [0.25, 0.3) is 5.91 Å². The van der Waals surface area contributed by atoms with Crippen LogP contribution in [0.1, 0.15) is 29.9 Å². The van der Waals surface area contributed by atoms with Gasteiger partial charge < -0.3 is 20.1 Å². The summed E-state index contributed by atoms with van der Waals surface area (Å²) in [4.78, 5) is 36.4. The van der Waals surface area contributed by atoms with E-state index in [1.807, 2.05) is 48.5 Å². The van der Waals surface area contributed by atoms with E-state index in [4.69, 9.17) is 9.84 Å². The van der Waals surface area contributed by atoms with Crippen molar-refractivity contribution in [3.63, 3.8) is 0 Å². The molecule has 2 aromatic carbocycles. The van der Waals surface area contributed by atoms with Gasteiger partial charge in [0.05, 0.1) is 0 Å². The number of alkyl carbamates (subject to hydrolysis) is 1. The molecule has 0 aromatic heterocycles. The zero-order chi connectivity index (χ0) is 23.8. The maximum Gasteiger partial charge on any atom is 0.417 e. The molecule has 2 aliphatic rings. The summed E-state index contributed by atoms with van der Waals surface area (Å²) in [6.07, 6.45) is -5.70. The minimum atomic E-state index is -5.12. The van der Waals surface area contributed by atoms with Gasteiger partial charge in [-0.05, 0) is 35.1 Å². The number of rotatable bonds is 7. The Labute approximate surface area is 187 Å². The number of nitrogens with one attached hydrogen (secondary N) is 1. The molecule has 0 saturated heterocycles. The van der Waals surface area contributed by atoms with Crippen LogP contribution >= 0.6 is 0 Å². The first-order chi connectivity index (χ1) is 15.7. The highest BCUT2D eigenvalue weighted by Gasteiger charge is 2.50. The third-order valence-corrected chi connectivity index (χ3v) is 5.76. The first-order valence-electron chi connectivity index (χ1n) is 10.4. The molecular formula is C23H21F3N2O5. The molecule has 1 unspecified atom stereocenters. The van der Waals surface area contributed by atoms with Crippen LogP contribution in [-0.2, 0) is 14.3 Å². The molecule has 174 valence electrons. The number of carbonyl (C=O) groups is 3. The molecule has 2 aromatic rings. The Hall–Kier alpha value is -3.56. The zero-order valence-corrected chi connectivity index (χ0v) is 17.3. The molecule has 0 bridgehead atoms. The van der Waals surface area contributed by atoms with Crippen molar-refractivity contribution in [3.05, 3.63) is 59.7 Å². The van der Waals surface area contributed by atoms with Crippen molar-refractivity contribution >= 4 is 18.0 Å². The summed E-state index contributed by atoms with van der Waals surface area (Å²) in [5.74, 6) is -3.31. The molecule has 1 saturated carbocycles. The highest BCUT2D eigenvalue weighted by Crippen LogP contribution is 2.44. The van der Waals surface area contributed by atoms with E-state index < -0.39 is 42.8 Å². The topological polar surface area (TPSA) is 95.9 Å². The lowest BCUT2D eigenvalue weighted by molar-refractivity contribution is -0.176. The molecule has 33 heavy (non-hydrogen) atoms. The van der Waals surface area contributed by atoms with E-state index in [2.05, 4.69) is 0 Å². The second kappa shape index (κ2) is 8.76. The van der Waals surface area contributed by atoms with Crippen LogP contribution in [0.4, 0.5) is 18.0 Å². The van der Waals surface area contributed by atoms with Gasteiger partial charge >= 0.3 is 18.2 Å². The molecule has 1 fully saturated rings. The lowest BCUT2D eigenvalue weighted by Crippen LogP contribution is -2.57. The normalized spacial score (nSPS) is 15.8. The molecule has 7 nitrogen and oxygen atoms in total. The average molecular weight is 462 g/mol. The number of benzene rings is 2. The van der Waals surface area contributed by atoms with Gasteiger partial charge in [-0.25, -0.2) is 4.79 Å². The second-order valence-corrected chi connectivity index (χ2v) is 8.04. The van der Waals surface area contributed by atoms with E-state index in [0.29, 0.717) is 17.7 Å². The minimum Gasteiger partial charge on any atom is -0.480 e. The standard InChI is InChI=1S/C23H21F3N2O5/c24-23(25,26)20(21(31)28(11-19(29)30)13-9-10-13)27-22(32)33-12-18-16-7-3-1-5-14(16)15-6-2-4-8-17(15)18/h1-8,13,18,20H,9-12H2,(H,27,32)(H,29,30). The van der Waals surface area contributed by atoms with Gasteiger partial charge in [0, 0.05) is 12.0 Å². The SMILES string of the molecule is O=C(O)CN(C(=O)C(NC(=O)OCC1c2ccccc2-c2ccccc21)C(F)(F)F)C1CC1. The summed E-state index contributed by atoms with van der Waals surface area (Å²) in [7, 11) is 0. The summed E-state index contributed by atoms with van der Waals surface area (Å²) in [6.45, 7) is -1.09. The lowest BCUT2D eigenvalue weighted by Gasteiger charge is -2.27. The second-order valence-electron chi connectivity index (χ2n) is 8.04. The third-order valence-electron chi connectivity index (χ3n) is 5.76. The summed E-state index contributed by atoms with van der Waals surface area (Å²) in [5, 5.41) is 10.5. The van der Waals surface area contributed by atoms with E-state index in [1.165, 1.54) is 0 Å². The smallest absolute Gasteiger partial charge is 0.417 e. The number of ether oxygens (including phenoxy) is 1. The number of carboxylic acid groups (broad SMARTS) is 1. The van der Waals surface area contributed by atoms with E-state index in [9.17, 15) is 27.6 Å². The first kappa shape index (κ1) is 22.6. The highest BCUT2D eigenvalue weighted by molar-refractivity contribution is 5.89. The summed E-state index contributed by atoms with van der Waals surface area (Å²) in [5.41, 5.74) is 3.69. The molecule has 2 aliphatic carbocycles. The van der Waals surface area contributed by atoms with Gasteiger partial charge in [-0.1, -0.05) is 48.5 Å². The summed E-state index contributed by atoms with van der Waals surface area (Å²) < 4.78 is 45.9. The van der Waals surface area contributed by atoms with Crippen molar-refractivity contribution < 1.29 is 37.4 Å². The van der Waals surface area contributed by atoms with Gasteiger partial charge in [-0.15, -0.1) is 0 Å². The van der Waals surface area contributed by atoms with Crippen molar-refractivity contribution in [2.75, 3.05) is 13.2 Å². The van der Waals surface area contributed by atoms with Crippen molar-refractivity contribution in [1.29, 1.82) is 0 Å². The Balaban J connectivity index is 1.47. The first-order valence-corrected chi connectivity index (χ1v) is 10.4. The zero-order valence-electron chi connectivity index (χ0n) is 17.3. The van der Waals surface area contributed by atoms with Crippen LogP contribution in [0.2, 0.25) is 0 Å². The van der Waals surface area contributed by atoms with Crippen molar-refractivity contribution in [1.82, 2.24) is 10.2 Å². The Kier molecular flexibility index (Phi) is 6.01. The van der Waals surface area contributed by atoms with Crippen molar-refractivity contribution in [3.8, 4) is 11.1 Å². The number of halogens is 3. The van der Waals surface area contributed by atoms with Crippen LogP contribution in [-0.4, -0.2) is 59.4 Å². The lowest BCUT2D eigenvalue weighted by atomic mass is 9.98. The number of carboxylic acids is 1. The molecule has 2 amide bonds. The van der Waals surface area contributed by atoms with Gasteiger partial charge in [-0.3, -0.25) is 9.59 Å². The fourth-order valence-electron chi connectivity index (χ4n) is 4.13.